The van der Waals surface area contributed by atoms with Crippen LogP contribution in [0.3, 0.4) is 0 Å². The second-order valence-electron chi connectivity index (χ2n) is 4.73. The van der Waals surface area contributed by atoms with E-state index in [1.54, 1.807) is 4.68 Å². The molecule has 4 nitrogen and oxygen atoms in total. The molecule has 0 aromatic carbocycles. The first kappa shape index (κ1) is 12.4. The monoisotopic (exact) mass is 255 g/mol. The van der Waals surface area contributed by atoms with Gasteiger partial charge in [0, 0.05) is 19.3 Å². The number of alkyl halides is 1. The Kier molecular flexibility index (Phi) is 3.43. The molecule has 1 aromatic heterocycles. The van der Waals surface area contributed by atoms with Crippen molar-refractivity contribution >= 4 is 17.5 Å². The molecule has 5 heteroatoms. The number of carbonyl (C=O) groups is 1. The quantitative estimate of drug-likeness (QED) is 0.834. The molecule has 0 bridgehead atoms. The Morgan fingerprint density at radius 1 is 1.59 bits per heavy atom. The lowest BCUT2D eigenvalue weighted by Crippen LogP contribution is -2.31. The molecule has 2 rings (SSSR count). The fourth-order valence-corrected chi connectivity index (χ4v) is 2.33. The van der Waals surface area contributed by atoms with Gasteiger partial charge in [0.2, 0.25) is 0 Å². The Morgan fingerprint density at radius 3 is 2.71 bits per heavy atom. The average Bonchev–Trinajstić information content (AvgIpc) is 3.06. The molecule has 0 saturated heterocycles. The standard InChI is InChI=1S/C12H18ClN3O/c1-7-11(8(2)16(3)15-7)12(17)14-6-10(13)9-4-5-9/h9-10H,4-6H2,1-3H3,(H,14,17). The van der Waals surface area contributed by atoms with Crippen LogP contribution in [0.5, 0.6) is 0 Å². The van der Waals surface area contributed by atoms with Gasteiger partial charge in [-0.15, -0.1) is 11.6 Å². The van der Waals surface area contributed by atoms with Crippen LogP contribution in [0, 0.1) is 19.8 Å². The summed E-state index contributed by atoms with van der Waals surface area (Å²) in [5, 5.41) is 7.19. The van der Waals surface area contributed by atoms with E-state index in [0.29, 0.717) is 18.0 Å². The van der Waals surface area contributed by atoms with Crippen LogP contribution >= 0.6 is 11.6 Å². The molecule has 94 valence electrons. The Balaban J connectivity index is 1.99. The number of carbonyl (C=O) groups excluding carboxylic acids is 1. The zero-order valence-electron chi connectivity index (χ0n) is 10.5. The summed E-state index contributed by atoms with van der Waals surface area (Å²) in [6.07, 6.45) is 2.38. The van der Waals surface area contributed by atoms with E-state index in [1.165, 1.54) is 12.8 Å². The van der Waals surface area contributed by atoms with Crippen molar-refractivity contribution < 1.29 is 4.79 Å². The van der Waals surface area contributed by atoms with Crippen LogP contribution in [0.15, 0.2) is 0 Å². The molecule has 17 heavy (non-hydrogen) atoms. The number of halogens is 1. The molecule has 1 saturated carbocycles. The van der Waals surface area contributed by atoms with Gasteiger partial charge < -0.3 is 5.32 Å². The second-order valence-corrected chi connectivity index (χ2v) is 5.29. The summed E-state index contributed by atoms with van der Waals surface area (Å²) >= 11 is 6.16. The molecular weight excluding hydrogens is 238 g/mol. The third-order valence-electron chi connectivity index (χ3n) is 3.33. The Bertz CT molecular complexity index is 437. The van der Waals surface area contributed by atoms with Gasteiger partial charge in [0.15, 0.2) is 0 Å². The number of nitrogens with zero attached hydrogens (tertiary/aromatic N) is 2. The van der Waals surface area contributed by atoms with Crippen molar-refractivity contribution in [2.45, 2.75) is 32.1 Å². The molecule has 1 aliphatic carbocycles. The lowest BCUT2D eigenvalue weighted by atomic mass is 10.2. The number of hydrogen-bond donors (Lipinski definition) is 1. The third kappa shape index (κ3) is 2.63. The normalized spacial score (nSPS) is 16.9. The SMILES string of the molecule is Cc1nn(C)c(C)c1C(=O)NCC(Cl)C1CC1. The highest BCUT2D eigenvalue weighted by molar-refractivity contribution is 6.21. The minimum atomic E-state index is -0.0700. The fraction of sp³-hybridized carbons (Fsp3) is 0.667. The zero-order valence-corrected chi connectivity index (χ0v) is 11.2. The van der Waals surface area contributed by atoms with Gasteiger partial charge in [-0.2, -0.15) is 5.10 Å². The highest BCUT2D eigenvalue weighted by atomic mass is 35.5. The van der Waals surface area contributed by atoms with E-state index in [-0.39, 0.29) is 11.3 Å². The minimum absolute atomic E-state index is 0.0660. The van der Waals surface area contributed by atoms with Gasteiger partial charge in [-0.1, -0.05) is 0 Å². The highest BCUT2D eigenvalue weighted by Crippen LogP contribution is 2.35. The van der Waals surface area contributed by atoms with Crippen molar-refractivity contribution in [2.75, 3.05) is 6.54 Å². The second kappa shape index (κ2) is 4.69. The van der Waals surface area contributed by atoms with Crippen LogP contribution in [-0.4, -0.2) is 27.6 Å². The maximum atomic E-state index is 12.0. The molecule has 0 aliphatic heterocycles. The van der Waals surface area contributed by atoms with Crippen molar-refractivity contribution in [2.24, 2.45) is 13.0 Å². The van der Waals surface area contributed by atoms with E-state index in [2.05, 4.69) is 10.4 Å². The summed E-state index contributed by atoms with van der Waals surface area (Å²) in [6.45, 7) is 4.29. The van der Waals surface area contributed by atoms with E-state index in [9.17, 15) is 4.79 Å². The van der Waals surface area contributed by atoms with Crippen molar-refractivity contribution in [3.05, 3.63) is 17.0 Å². The minimum Gasteiger partial charge on any atom is -0.350 e. The molecule has 1 atom stereocenters. The molecule has 1 amide bonds. The van der Waals surface area contributed by atoms with Gasteiger partial charge in [-0.05, 0) is 32.6 Å². The van der Waals surface area contributed by atoms with Crippen molar-refractivity contribution in [1.29, 1.82) is 0 Å². The number of amides is 1. The smallest absolute Gasteiger partial charge is 0.255 e. The first-order valence-electron chi connectivity index (χ1n) is 5.93. The van der Waals surface area contributed by atoms with E-state index >= 15 is 0 Å². The van der Waals surface area contributed by atoms with E-state index in [4.69, 9.17) is 11.6 Å². The van der Waals surface area contributed by atoms with Gasteiger partial charge in [0.1, 0.15) is 0 Å². The average molecular weight is 256 g/mol. The fourth-order valence-electron chi connectivity index (χ4n) is 2.01. The van der Waals surface area contributed by atoms with Crippen LogP contribution in [-0.2, 0) is 7.05 Å². The van der Waals surface area contributed by atoms with Gasteiger partial charge in [-0.25, -0.2) is 0 Å². The number of aryl methyl sites for hydroxylation is 2. The van der Waals surface area contributed by atoms with Gasteiger partial charge in [0.05, 0.1) is 16.6 Å². The lowest BCUT2D eigenvalue weighted by molar-refractivity contribution is 0.0951. The Hall–Kier alpha value is -1.03. The summed E-state index contributed by atoms with van der Waals surface area (Å²) in [6, 6.07) is 0. The van der Waals surface area contributed by atoms with E-state index in [0.717, 1.165) is 11.4 Å². The van der Waals surface area contributed by atoms with Crippen molar-refractivity contribution in [1.82, 2.24) is 15.1 Å². The third-order valence-corrected chi connectivity index (χ3v) is 3.84. The van der Waals surface area contributed by atoms with Crippen LogP contribution in [0.25, 0.3) is 0 Å². The van der Waals surface area contributed by atoms with Gasteiger partial charge in [0.25, 0.3) is 5.91 Å². The van der Waals surface area contributed by atoms with Crippen molar-refractivity contribution in [3.63, 3.8) is 0 Å². The summed E-state index contributed by atoms with van der Waals surface area (Å²) in [4.78, 5) is 12.0. The predicted octanol–water partition coefficient (Wildman–Crippen LogP) is 1.78. The van der Waals surface area contributed by atoms with E-state index in [1.807, 2.05) is 20.9 Å². The number of nitrogens with one attached hydrogen (secondary N) is 1. The Labute approximate surface area is 106 Å². The molecule has 1 unspecified atom stereocenters. The predicted molar refractivity (Wildman–Crippen MR) is 67.4 cm³/mol. The summed E-state index contributed by atoms with van der Waals surface area (Å²) < 4.78 is 1.73. The number of hydrogen-bond acceptors (Lipinski definition) is 2. The molecule has 1 fully saturated rings. The lowest BCUT2D eigenvalue weighted by Gasteiger charge is -2.09. The molecule has 1 N–H and O–H groups in total. The molecule has 0 spiro atoms. The molecule has 1 aromatic rings. The number of aromatic nitrogens is 2. The number of rotatable bonds is 4. The zero-order chi connectivity index (χ0) is 12.6. The molecule has 1 heterocycles. The summed E-state index contributed by atoms with van der Waals surface area (Å²) in [7, 11) is 1.84. The Morgan fingerprint density at radius 2 is 2.24 bits per heavy atom. The first-order valence-corrected chi connectivity index (χ1v) is 6.36. The van der Waals surface area contributed by atoms with Crippen LogP contribution in [0.1, 0.15) is 34.6 Å². The topological polar surface area (TPSA) is 46.9 Å². The molecular formula is C12H18ClN3O. The first-order chi connectivity index (χ1) is 8.00. The summed E-state index contributed by atoms with van der Waals surface area (Å²) in [5.74, 6) is 0.521. The van der Waals surface area contributed by atoms with Gasteiger partial charge in [-0.3, -0.25) is 9.48 Å². The van der Waals surface area contributed by atoms with E-state index < -0.39 is 0 Å². The maximum Gasteiger partial charge on any atom is 0.255 e. The maximum absolute atomic E-state index is 12.0. The van der Waals surface area contributed by atoms with Crippen LogP contribution in [0.2, 0.25) is 0 Å². The summed E-state index contributed by atoms with van der Waals surface area (Å²) in [5.41, 5.74) is 2.32. The molecule has 1 aliphatic rings. The van der Waals surface area contributed by atoms with Crippen LogP contribution < -0.4 is 5.32 Å². The van der Waals surface area contributed by atoms with Gasteiger partial charge >= 0.3 is 0 Å². The molecule has 0 radical (unpaired) electrons. The highest BCUT2D eigenvalue weighted by Gasteiger charge is 2.30. The van der Waals surface area contributed by atoms with Crippen LogP contribution in [0.4, 0.5) is 0 Å². The largest absolute Gasteiger partial charge is 0.350 e. The van der Waals surface area contributed by atoms with Crippen molar-refractivity contribution in [3.8, 4) is 0 Å².